The molecule has 84 valence electrons. The van der Waals surface area contributed by atoms with Crippen molar-refractivity contribution in [1.82, 2.24) is 0 Å². The van der Waals surface area contributed by atoms with E-state index in [4.69, 9.17) is 10.5 Å². The van der Waals surface area contributed by atoms with Gasteiger partial charge in [-0.25, -0.2) is 0 Å². The summed E-state index contributed by atoms with van der Waals surface area (Å²) in [5.74, 6) is -0.542. The fourth-order valence-corrected chi connectivity index (χ4v) is 1.18. The topological polar surface area (TPSA) is 89.6 Å². The van der Waals surface area contributed by atoms with Gasteiger partial charge in [0, 0.05) is 11.6 Å². The van der Waals surface area contributed by atoms with Gasteiger partial charge in [0.2, 0.25) is 5.91 Å². The molecule has 0 saturated heterocycles. The summed E-state index contributed by atoms with van der Waals surface area (Å²) >= 11 is 0. The Morgan fingerprint density at radius 3 is 2.62 bits per heavy atom. The van der Waals surface area contributed by atoms with E-state index in [1.165, 1.54) is 25.3 Å². The molecule has 0 aliphatic rings. The summed E-state index contributed by atoms with van der Waals surface area (Å²) < 4.78 is 4.88. The smallest absolute Gasteiger partial charge is 0.241 e. The average Bonchev–Trinajstić information content (AvgIpc) is 2.26. The van der Waals surface area contributed by atoms with Crippen molar-refractivity contribution in [2.24, 2.45) is 5.73 Å². The van der Waals surface area contributed by atoms with Gasteiger partial charge in [-0.3, -0.25) is 9.59 Å². The number of rotatable bonds is 4. The lowest BCUT2D eigenvalue weighted by Crippen LogP contribution is -2.05. The fourth-order valence-electron chi connectivity index (χ4n) is 1.18. The largest absolute Gasteiger partial charge is 0.504 e. The van der Waals surface area contributed by atoms with Crippen molar-refractivity contribution in [3.05, 3.63) is 29.3 Å². The Bertz CT molecular complexity index is 452. The predicted octanol–water partition coefficient (Wildman–Crippen LogP) is 0.712. The van der Waals surface area contributed by atoms with Gasteiger partial charge in [0.25, 0.3) is 0 Å². The molecule has 0 aromatic heterocycles. The minimum atomic E-state index is -0.621. The van der Waals surface area contributed by atoms with E-state index in [0.717, 1.165) is 6.08 Å². The van der Waals surface area contributed by atoms with Crippen molar-refractivity contribution in [2.45, 2.75) is 0 Å². The van der Waals surface area contributed by atoms with Crippen LogP contribution in [0.25, 0.3) is 6.08 Å². The third-order valence-electron chi connectivity index (χ3n) is 1.94. The summed E-state index contributed by atoms with van der Waals surface area (Å²) in [6.45, 7) is 0. The molecule has 0 heterocycles. The number of phenolic OH excluding ortho intramolecular Hbond substituents is 1. The van der Waals surface area contributed by atoms with Gasteiger partial charge in [0.05, 0.1) is 7.11 Å². The Hall–Kier alpha value is -2.30. The average molecular weight is 221 g/mol. The number of aldehydes is 1. The van der Waals surface area contributed by atoms with Crippen LogP contribution in [-0.4, -0.2) is 24.4 Å². The molecule has 1 aromatic carbocycles. The Morgan fingerprint density at radius 1 is 1.44 bits per heavy atom. The van der Waals surface area contributed by atoms with Crippen molar-refractivity contribution in [3.63, 3.8) is 0 Å². The van der Waals surface area contributed by atoms with Crippen molar-refractivity contribution in [1.29, 1.82) is 0 Å². The summed E-state index contributed by atoms with van der Waals surface area (Å²) in [6.07, 6.45) is 3.08. The lowest BCUT2D eigenvalue weighted by Gasteiger charge is -2.06. The minimum Gasteiger partial charge on any atom is -0.504 e. The van der Waals surface area contributed by atoms with Crippen molar-refractivity contribution < 1.29 is 19.4 Å². The highest BCUT2D eigenvalue weighted by molar-refractivity contribution is 5.92. The predicted molar refractivity (Wildman–Crippen MR) is 58.3 cm³/mol. The Labute approximate surface area is 92.1 Å². The van der Waals surface area contributed by atoms with Crippen LogP contribution < -0.4 is 10.5 Å². The van der Waals surface area contributed by atoms with Gasteiger partial charge >= 0.3 is 0 Å². The Morgan fingerprint density at radius 2 is 2.12 bits per heavy atom. The number of nitrogens with two attached hydrogens (primary N) is 1. The van der Waals surface area contributed by atoms with E-state index in [0.29, 0.717) is 11.8 Å². The summed E-state index contributed by atoms with van der Waals surface area (Å²) in [5, 5.41) is 9.42. The second-order valence-corrected chi connectivity index (χ2v) is 3.01. The van der Waals surface area contributed by atoms with E-state index in [-0.39, 0.29) is 17.1 Å². The molecule has 16 heavy (non-hydrogen) atoms. The molecule has 5 heteroatoms. The number of phenols is 1. The molecule has 0 unspecified atom stereocenters. The lowest BCUT2D eigenvalue weighted by atomic mass is 10.1. The minimum absolute atomic E-state index is 0.138. The summed E-state index contributed by atoms with van der Waals surface area (Å²) in [5.41, 5.74) is 5.63. The second-order valence-electron chi connectivity index (χ2n) is 3.01. The SMILES string of the molecule is COc1cc(C=CC(N)=O)c(C=O)cc1O. The van der Waals surface area contributed by atoms with Gasteiger partial charge in [0.1, 0.15) is 0 Å². The highest BCUT2D eigenvalue weighted by Crippen LogP contribution is 2.29. The van der Waals surface area contributed by atoms with Gasteiger partial charge in [0.15, 0.2) is 17.8 Å². The Balaban J connectivity index is 3.24. The van der Waals surface area contributed by atoms with Crippen molar-refractivity contribution in [2.75, 3.05) is 7.11 Å². The first-order valence-electron chi connectivity index (χ1n) is 4.42. The monoisotopic (exact) mass is 221 g/mol. The highest BCUT2D eigenvalue weighted by Gasteiger charge is 2.07. The molecule has 0 fully saturated rings. The molecule has 0 spiro atoms. The van der Waals surface area contributed by atoms with E-state index in [1.807, 2.05) is 0 Å². The Kier molecular flexibility index (Phi) is 3.66. The van der Waals surface area contributed by atoms with Crippen LogP contribution in [0.5, 0.6) is 11.5 Å². The summed E-state index contributed by atoms with van der Waals surface area (Å²) in [4.78, 5) is 21.3. The molecule has 3 N–H and O–H groups in total. The zero-order chi connectivity index (χ0) is 12.1. The third kappa shape index (κ3) is 2.60. The number of carbonyl (C=O) groups is 2. The van der Waals surface area contributed by atoms with E-state index in [1.54, 1.807) is 0 Å². The molecule has 0 saturated carbocycles. The number of hydrogen-bond donors (Lipinski definition) is 2. The zero-order valence-electron chi connectivity index (χ0n) is 8.64. The highest BCUT2D eigenvalue weighted by atomic mass is 16.5. The standard InChI is InChI=1S/C11H11NO4/c1-16-10-5-7(2-3-11(12)15)8(6-13)4-9(10)14/h2-6,14H,1H3,(H2,12,15). The lowest BCUT2D eigenvalue weighted by molar-refractivity contribution is -0.113. The number of carbonyl (C=O) groups excluding carboxylic acids is 2. The van der Waals surface area contributed by atoms with Gasteiger partial charge in [-0.05, 0) is 23.8 Å². The molecular formula is C11H11NO4. The van der Waals surface area contributed by atoms with Crippen molar-refractivity contribution >= 4 is 18.3 Å². The van der Waals surface area contributed by atoms with Crippen LogP contribution in [0.1, 0.15) is 15.9 Å². The number of methoxy groups -OCH3 is 1. The van der Waals surface area contributed by atoms with Crippen LogP contribution >= 0.6 is 0 Å². The van der Waals surface area contributed by atoms with Crippen molar-refractivity contribution in [3.8, 4) is 11.5 Å². The molecule has 1 rings (SSSR count). The number of aromatic hydroxyl groups is 1. The van der Waals surface area contributed by atoms with Crippen LogP contribution in [0.4, 0.5) is 0 Å². The van der Waals surface area contributed by atoms with E-state index in [9.17, 15) is 14.7 Å². The number of benzene rings is 1. The van der Waals surface area contributed by atoms with Gasteiger partial charge in [-0.15, -0.1) is 0 Å². The number of ether oxygens (including phenoxy) is 1. The van der Waals surface area contributed by atoms with Gasteiger partial charge < -0.3 is 15.6 Å². The second kappa shape index (κ2) is 4.97. The molecular weight excluding hydrogens is 210 g/mol. The van der Waals surface area contributed by atoms with E-state index < -0.39 is 5.91 Å². The van der Waals surface area contributed by atoms with E-state index in [2.05, 4.69) is 0 Å². The first-order chi connectivity index (χ1) is 7.58. The van der Waals surface area contributed by atoms with Crippen LogP contribution in [-0.2, 0) is 4.79 Å². The third-order valence-corrected chi connectivity index (χ3v) is 1.94. The summed E-state index contributed by atoms with van der Waals surface area (Å²) in [6, 6.07) is 2.70. The quantitative estimate of drug-likeness (QED) is 0.578. The molecule has 5 nitrogen and oxygen atoms in total. The number of amides is 1. The molecule has 1 aromatic rings. The summed E-state index contributed by atoms with van der Waals surface area (Å²) in [7, 11) is 1.39. The zero-order valence-corrected chi connectivity index (χ0v) is 8.64. The van der Waals surface area contributed by atoms with E-state index >= 15 is 0 Å². The van der Waals surface area contributed by atoms with Crippen LogP contribution in [0.3, 0.4) is 0 Å². The fraction of sp³-hybridized carbons (Fsp3) is 0.0909. The first kappa shape index (κ1) is 11.8. The van der Waals surface area contributed by atoms with Gasteiger partial charge in [-0.2, -0.15) is 0 Å². The number of primary amides is 1. The maximum absolute atomic E-state index is 10.7. The van der Waals surface area contributed by atoms with Crippen LogP contribution in [0, 0.1) is 0 Å². The molecule has 0 radical (unpaired) electrons. The maximum Gasteiger partial charge on any atom is 0.241 e. The number of hydrogen-bond acceptors (Lipinski definition) is 4. The molecule has 0 bridgehead atoms. The van der Waals surface area contributed by atoms with Crippen LogP contribution in [0.15, 0.2) is 18.2 Å². The molecule has 0 aliphatic heterocycles. The molecule has 0 aliphatic carbocycles. The van der Waals surface area contributed by atoms with Crippen LogP contribution in [0.2, 0.25) is 0 Å². The van der Waals surface area contributed by atoms with Gasteiger partial charge in [-0.1, -0.05) is 0 Å². The normalized spacial score (nSPS) is 10.3. The molecule has 1 amide bonds. The first-order valence-corrected chi connectivity index (χ1v) is 4.42. The maximum atomic E-state index is 10.7. The molecule has 0 atom stereocenters.